The number of benzene rings is 2. The first-order valence-electron chi connectivity index (χ1n) is 10.2. The third-order valence-electron chi connectivity index (χ3n) is 5.51. The van der Waals surface area contributed by atoms with Gasteiger partial charge in [-0.3, -0.25) is 9.69 Å². The third-order valence-corrected chi connectivity index (χ3v) is 5.51. The van der Waals surface area contributed by atoms with Crippen molar-refractivity contribution < 1.29 is 23.5 Å². The van der Waals surface area contributed by atoms with Crippen LogP contribution in [0.25, 0.3) is 11.8 Å². The second-order valence-electron chi connectivity index (χ2n) is 7.71. The van der Waals surface area contributed by atoms with E-state index >= 15 is 0 Å². The van der Waals surface area contributed by atoms with Crippen molar-refractivity contribution in [2.45, 2.75) is 20.4 Å². The predicted molar refractivity (Wildman–Crippen MR) is 120 cm³/mol. The Kier molecular flexibility index (Phi) is 5.83. The van der Waals surface area contributed by atoms with Crippen molar-refractivity contribution in [3.8, 4) is 5.69 Å². The lowest BCUT2D eigenvalue weighted by molar-refractivity contribution is -0.123. The van der Waals surface area contributed by atoms with Crippen LogP contribution in [0.15, 0.2) is 60.3 Å². The lowest BCUT2D eigenvalue weighted by Gasteiger charge is -2.11. The molecule has 8 heteroatoms. The molecule has 168 valence electrons. The maximum absolute atomic E-state index is 13.1. The number of aromatic nitrogens is 1. The number of amides is 3. The molecule has 4 rings (SSSR count). The monoisotopic (exact) mass is 447 g/mol. The number of rotatable bonds is 5. The number of nitrogens with zero attached hydrogens (tertiary/aromatic N) is 2. The standard InChI is InChI=1S/C25H22FN3O4/c1-15-11-19(16(2)29(15)21-6-4-5-18(12-21)24(31)33-3)13-22-23(30)28(25(32)27-22)14-17-7-9-20(26)10-8-17/h4-13H,14H2,1-3H3,(H,27,32). The molecule has 0 saturated carbocycles. The molecule has 1 N–H and O–H groups in total. The topological polar surface area (TPSA) is 80.6 Å². The summed E-state index contributed by atoms with van der Waals surface area (Å²) in [5.74, 6) is -1.27. The van der Waals surface area contributed by atoms with Crippen molar-refractivity contribution in [2.24, 2.45) is 0 Å². The van der Waals surface area contributed by atoms with Crippen LogP contribution >= 0.6 is 0 Å². The van der Waals surface area contributed by atoms with E-state index in [1.165, 1.54) is 31.4 Å². The van der Waals surface area contributed by atoms with E-state index in [-0.39, 0.29) is 18.1 Å². The highest BCUT2D eigenvalue weighted by Crippen LogP contribution is 2.25. The second kappa shape index (κ2) is 8.74. The second-order valence-corrected chi connectivity index (χ2v) is 7.71. The molecule has 1 saturated heterocycles. The molecule has 0 aliphatic carbocycles. The molecule has 3 aromatic rings. The van der Waals surface area contributed by atoms with Gasteiger partial charge in [0.05, 0.1) is 19.2 Å². The summed E-state index contributed by atoms with van der Waals surface area (Å²) in [5.41, 5.74) is 4.48. The molecular formula is C25H22FN3O4. The summed E-state index contributed by atoms with van der Waals surface area (Å²) < 4.78 is 19.9. The van der Waals surface area contributed by atoms with Gasteiger partial charge in [-0.2, -0.15) is 0 Å². The van der Waals surface area contributed by atoms with E-state index in [4.69, 9.17) is 4.74 Å². The molecule has 0 unspecified atom stereocenters. The van der Waals surface area contributed by atoms with Crippen LogP contribution in [-0.4, -0.2) is 34.5 Å². The van der Waals surface area contributed by atoms with Gasteiger partial charge >= 0.3 is 12.0 Å². The summed E-state index contributed by atoms with van der Waals surface area (Å²) in [6.45, 7) is 3.85. The number of hydrogen-bond donors (Lipinski definition) is 1. The number of esters is 1. The van der Waals surface area contributed by atoms with Gasteiger partial charge in [0.25, 0.3) is 5.91 Å². The average Bonchev–Trinajstić information content (AvgIpc) is 3.23. The maximum Gasteiger partial charge on any atom is 0.337 e. The molecule has 0 bridgehead atoms. The number of carbonyl (C=O) groups is 3. The van der Waals surface area contributed by atoms with Crippen molar-refractivity contribution in [1.29, 1.82) is 0 Å². The number of hydrogen-bond acceptors (Lipinski definition) is 4. The molecule has 33 heavy (non-hydrogen) atoms. The molecule has 1 aliphatic heterocycles. The summed E-state index contributed by atoms with van der Waals surface area (Å²) in [6, 6.07) is 14.1. The summed E-state index contributed by atoms with van der Waals surface area (Å²) in [4.78, 5) is 38.2. The summed E-state index contributed by atoms with van der Waals surface area (Å²) >= 11 is 0. The third kappa shape index (κ3) is 4.27. The van der Waals surface area contributed by atoms with E-state index in [1.54, 1.807) is 24.3 Å². The lowest BCUT2D eigenvalue weighted by Crippen LogP contribution is -2.30. The fourth-order valence-electron chi connectivity index (χ4n) is 3.86. The van der Waals surface area contributed by atoms with Crippen LogP contribution in [0.2, 0.25) is 0 Å². The van der Waals surface area contributed by atoms with Crippen molar-refractivity contribution in [2.75, 3.05) is 7.11 Å². The first kappa shape index (κ1) is 22.0. The van der Waals surface area contributed by atoms with Crippen molar-refractivity contribution >= 4 is 24.0 Å². The normalized spacial score (nSPS) is 14.7. The molecule has 2 aromatic carbocycles. The van der Waals surface area contributed by atoms with Crippen LogP contribution in [0.4, 0.5) is 9.18 Å². The van der Waals surface area contributed by atoms with E-state index in [1.807, 2.05) is 30.5 Å². The van der Waals surface area contributed by atoms with E-state index in [2.05, 4.69) is 5.32 Å². The minimum atomic E-state index is -0.532. The van der Waals surface area contributed by atoms with Gasteiger partial charge < -0.3 is 14.6 Å². The van der Waals surface area contributed by atoms with E-state index in [0.29, 0.717) is 11.1 Å². The fourth-order valence-corrected chi connectivity index (χ4v) is 3.86. The number of urea groups is 1. The van der Waals surface area contributed by atoms with Gasteiger partial charge in [-0.15, -0.1) is 0 Å². The van der Waals surface area contributed by atoms with Gasteiger partial charge in [-0.05, 0) is 67.4 Å². The summed E-state index contributed by atoms with van der Waals surface area (Å²) in [5, 5.41) is 2.62. The Balaban J connectivity index is 1.62. The molecule has 0 spiro atoms. The minimum absolute atomic E-state index is 0.0433. The number of aryl methyl sites for hydroxylation is 1. The van der Waals surface area contributed by atoms with Crippen LogP contribution in [0.1, 0.15) is 32.9 Å². The molecule has 1 fully saturated rings. The largest absolute Gasteiger partial charge is 0.465 e. The summed E-state index contributed by atoms with van der Waals surface area (Å²) in [7, 11) is 1.33. The number of halogens is 1. The smallest absolute Gasteiger partial charge is 0.337 e. The van der Waals surface area contributed by atoms with Gasteiger partial charge in [0.1, 0.15) is 11.5 Å². The molecule has 1 aliphatic rings. The lowest BCUT2D eigenvalue weighted by atomic mass is 10.2. The quantitative estimate of drug-likeness (QED) is 0.363. The molecule has 2 heterocycles. The number of imide groups is 1. The first-order chi connectivity index (χ1) is 15.8. The van der Waals surface area contributed by atoms with Crippen molar-refractivity contribution in [3.05, 3.63) is 94.2 Å². The highest BCUT2D eigenvalue weighted by atomic mass is 19.1. The van der Waals surface area contributed by atoms with Crippen LogP contribution in [0.5, 0.6) is 0 Å². The van der Waals surface area contributed by atoms with Gasteiger partial charge in [-0.25, -0.2) is 14.0 Å². The fraction of sp³-hybridized carbons (Fsp3) is 0.160. The SMILES string of the molecule is COC(=O)c1cccc(-n2c(C)cc(C=C3NC(=O)N(Cc4ccc(F)cc4)C3=O)c2C)c1. The predicted octanol–water partition coefficient (Wildman–Crippen LogP) is 4.11. The molecule has 0 radical (unpaired) electrons. The Morgan fingerprint density at radius 1 is 1.09 bits per heavy atom. The number of methoxy groups -OCH3 is 1. The number of ether oxygens (including phenoxy) is 1. The van der Waals surface area contributed by atoms with Crippen LogP contribution in [0.3, 0.4) is 0 Å². The Morgan fingerprint density at radius 2 is 1.82 bits per heavy atom. The Morgan fingerprint density at radius 3 is 2.52 bits per heavy atom. The van der Waals surface area contributed by atoms with Gasteiger partial charge in [0, 0.05) is 17.1 Å². The van der Waals surface area contributed by atoms with Gasteiger partial charge in [0.2, 0.25) is 0 Å². The molecule has 3 amide bonds. The number of nitrogens with one attached hydrogen (secondary N) is 1. The zero-order valence-corrected chi connectivity index (χ0v) is 18.4. The Bertz CT molecular complexity index is 1290. The molecular weight excluding hydrogens is 425 g/mol. The van der Waals surface area contributed by atoms with E-state index < -0.39 is 17.9 Å². The maximum atomic E-state index is 13.1. The zero-order chi connectivity index (χ0) is 23.7. The molecule has 0 atom stereocenters. The minimum Gasteiger partial charge on any atom is -0.465 e. The van der Waals surface area contributed by atoms with E-state index in [0.717, 1.165) is 27.5 Å². The number of carbonyl (C=O) groups excluding carboxylic acids is 3. The molecule has 7 nitrogen and oxygen atoms in total. The average molecular weight is 447 g/mol. The summed E-state index contributed by atoms with van der Waals surface area (Å²) in [6.07, 6.45) is 1.63. The highest BCUT2D eigenvalue weighted by Gasteiger charge is 2.33. The van der Waals surface area contributed by atoms with Crippen molar-refractivity contribution in [1.82, 2.24) is 14.8 Å². The van der Waals surface area contributed by atoms with Gasteiger partial charge in [-0.1, -0.05) is 18.2 Å². The Labute approximate surface area is 190 Å². The first-order valence-corrected chi connectivity index (χ1v) is 10.2. The van der Waals surface area contributed by atoms with Crippen molar-refractivity contribution in [3.63, 3.8) is 0 Å². The highest BCUT2D eigenvalue weighted by molar-refractivity contribution is 6.14. The van der Waals surface area contributed by atoms with Crippen LogP contribution in [0, 0.1) is 19.7 Å². The Hall–Kier alpha value is -4.20. The van der Waals surface area contributed by atoms with E-state index in [9.17, 15) is 18.8 Å². The van der Waals surface area contributed by atoms with Crippen LogP contribution < -0.4 is 5.32 Å². The zero-order valence-electron chi connectivity index (χ0n) is 18.4. The van der Waals surface area contributed by atoms with Gasteiger partial charge in [0.15, 0.2) is 0 Å². The molecule has 1 aromatic heterocycles. The van der Waals surface area contributed by atoms with Crippen LogP contribution in [-0.2, 0) is 16.1 Å².